The van der Waals surface area contributed by atoms with E-state index >= 15 is 0 Å². The zero-order valence-electron chi connectivity index (χ0n) is 14.8. The number of nitrogens with zero attached hydrogens (tertiary/aromatic N) is 5. The van der Waals surface area contributed by atoms with Crippen LogP contribution in [0.2, 0.25) is 0 Å². The SMILES string of the molecule is Cc1cc(C)c(C#N)c(N2CCC(C3CC3)C2c2n[nH]c(=O)n2C)n1. The molecule has 1 saturated carbocycles. The fourth-order valence-electron chi connectivity index (χ4n) is 4.19. The number of H-pyrrole nitrogens is 1. The maximum absolute atomic E-state index is 11.9. The average Bonchev–Trinajstić information content (AvgIpc) is 3.25. The summed E-state index contributed by atoms with van der Waals surface area (Å²) in [5.74, 6) is 2.59. The highest BCUT2D eigenvalue weighted by Gasteiger charge is 2.46. The molecule has 1 aliphatic heterocycles. The number of pyridine rings is 1. The van der Waals surface area contributed by atoms with Crippen molar-refractivity contribution in [1.82, 2.24) is 19.7 Å². The zero-order valence-corrected chi connectivity index (χ0v) is 14.8. The Balaban J connectivity index is 1.85. The first kappa shape index (κ1) is 15.9. The lowest BCUT2D eigenvalue weighted by atomic mass is 9.94. The summed E-state index contributed by atoms with van der Waals surface area (Å²) >= 11 is 0. The molecular weight excluding hydrogens is 316 g/mol. The molecule has 7 nitrogen and oxygen atoms in total. The molecule has 2 aliphatic rings. The number of hydrogen-bond donors (Lipinski definition) is 1. The Hall–Kier alpha value is -2.62. The molecule has 1 aliphatic carbocycles. The van der Waals surface area contributed by atoms with Crippen molar-refractivity contribution in [3.8, 4) is 6.07 Å². The van der Waals surface area contributed by atoms with E-state index < -0.39 is 0 Å². The maximum atomic E-state index is 11.9. The first-order chi connectivity index (χ1) is 12.0. The normalized spacial score (nSPS) is 23.0. The first-order valence-corrected chi connectivity index (χ1v) is 8.77. The van der Waals surface area contributed by atoms with Crippen molar-refractivity contribution in [3.05, 3.63) is 39.2 Å². The van der Waals surface area contributed by atoms with Crippen molar-refractivity contribution < 1.29 is 0 Å². The Morgan fingerprint density at radius 3 is 2.68 bits per heavy atom. The zero-order chi connectivity index (χ0) is 17.7. The molecule has 130 valence electrons. The van der Waals surface area contributed by atoms with Gasteiger partial charge in [-0.05, 0) is 56.6 Å². The Morgan fingerprint density at radius 1 is 1.32 bits per heavy atom. The third-order valence-electron chi connectivity index (χ3n) is 5.56. The van der Waals surface area contributed by atoms with Crippen LogP contribution in [0.5, 0.6) is 0 Å². The quantitative estimate of drug-likeness (QED) is 0.924. The summed E-state index contributed by atoms with van der Waals surface area (Å²) in [7, 11) is 1.75. The van der Waals surface area contributed by atoms with Gasteiger partial charge >= 0.3 is 5.69 Å². The fourth-order valence-corrected chi connectivity index (χ4v) is 4.19. The van der Waals surface area contributed by atoms with Crippen molar-refractivity contribution in [3.63, 3.8) is 0 Å². The summed E-state index contributed by atoms with van der Waals surface area (Å²) in [4.78, 5) is 18.8. The second-order valence-corrected chi connectivity index (χ2v) is 7.27. The van der Waals surface area contributed by atoms with Crippen LogP contribution in [0, 0.1) is 37.0 Å². The van der Waals surface area contributed by atoms with Gasteiger partial charge in [0.2, 0.25) is 0 Å². The Labute approximate surface area is 146 Å². The number of aromatic nitrogens is 4. The van der Waals surface area contributed by atoms with Crippen molar-refractivity contribution in [1.29, 1.82) is 5.26 Å². The van der Waals surface area contributed by atoms with Gasteiger partial charge in [-0.25, -0.2) is 14.9 Å². The molecule has 0 bridgehead atoms. The molecular formula is C18H22N6O. The molecule has 0 radical (unpaired) electrons. The third kappa shape index (κ3) is 2.53. The molecule has 0 spiro atoms. The van der Waals surface area contributed by atoms with E-state index in [1.165, 1.54) is 12.8 Å². The first-order valence-electron chi connectivity index (χ1n) is 8.77. The van der Waals surface area contributed by atoms with Crippen molar-refractivity contribution in [2.24, 2.45) is 18.9 Å². The lowest BCUT2D eigenvalue weighted by molar-refractivity contribution is 0.405. The van der Waals surface area contributed by atoms with Crippen LogP contribution in [0.1, 0.15) is 47.9 Å². The number of nitriles is 1. The van der Waals surface area contributed by atoms with Gasteiger partial charge in [0.15, 0.2) is 5.82 Å². The van der Waals surface area contributed by atoms with Crippen LogP contribution in [-0.4, -0.2) is 26.3 Å². The van der Waals surface area contributed by atoms with Crippen LogP contribution in [0.25, 0.3) is 0 Å². The van der Waals surface area contributed by atoms with Crippen molar-refractivity contribution in [2.45, 2.75) is 39.2 Å². The van der Waals surface area contributed by atoms with Gasteiger partial charge < -0.3 is 4.90 Å². The molecule has 2 unspecified atom stereocenters. The second kappa shape index (κ2) is 5.73. The Kier molecular flexibility index (Phi) is 3.64. The smallest absolute Gasteiger partial charge is 0.343 e. The summed E-state index contributed by atoms with van der Waals surface area (Å²) in [6, 6.07) is 4.24. The topological polar surface area (TPSA) is 90.6 Å². The van der Waals surface area contributed by atoms with E-state index in [0.29, 0.717) is 17.4 Å². The highest BCUT2D eigenvalue weighted by molar-refractivity contribution is 5.59. The number of hydrogen-bond acceptors (Lipinski definition) is 5. The lowest BCUT2D eigenvalue weighted by Gasteiger charge is -2.29. The molecule has 0 aromatic carbocycles. The Morgan fingerprint density at radius 2 is 2.08 bits per heavy atom. The summed E-state index contributed by atoms with van der Waals surface area (Å²) in [6.45, 7) is 4.73. The Bertz CT molecular complexity index is 917. The average molecular weight is 338 g/mol. The van der Waals surface area contributed by atoms with Gasteiger partial charge in [0.05, 0.1) is 11.6 Å². The maximum Gasteiger partial charge on any atom is 0.343 e. The molecule has 4 rings (SSSR count). The van der Waals surface area contributed by atoms with Gasteiger partial charge in [0.25, 0.3) is 0 Å². The van der Waals surface area contributed by atoms with E-state index in [1.807, 2.05) is 19.9 Å². The molecule has 7 heteroatoms. The number of anilines is 1. The van der Waals surface area contributed by atoms with Gasteiger partial charge in [-0.2, -0.15) is 10.4 Å². The number of aromatic amines is 1. The molecule has 2 aromatic rings. The molecule has 25 heavy (non-hydrogen) atoms. The van der Waals surface area contributed by atoms with Crippen LogP contribution in [-0.2, 0) is 7.05 Å². The third-order valence-corrected chi connectivity index (χ3v) is 5.56. The molecule has 3 heterocycles. The van der Waals surface area contributed by atoms with Gasteiger partial charge in [0, 0.05) is 19.3 Å². The van der Waals surface area contributed by atoms with Crippen LogP contribution in [0.4, 0.5) is 5.82 Å². The van der Waals surface area contributed by atoms with Crippen LogP contribution in [0.15, 0.2) is 10.9 Å². The fraction of sp³-hybridized carbons (Fsp3) is 0.556. The largest absolute Gasteiger partial charge is 0.345 e. The predicted octanol–water partition coefficient (Wildman–Crippen LogP) is 1.97. The summed E-state index contributed by atoms with van der Waals surface area (Å²) in [5.41, 5.74) is 2.25. The molecule has 0 amide bonds. The summed E-state index contributed by atoms with van der Waals surface area (Å²) in [5, 5.41) is 16.5. The second-order valence-electron chi connectivity index (χ2n) is 7.27. The van der Waals surface area contributed by atoms with E-state index in [-0.39, 0.29) is 11.7 Å². The molecule has 1 N–H and O–H groups in total. The number of aryl methyl sites for hydroxylation is 2. The van der Waals surface area contributed by atoms with E-state index in [2.05, 4.69) is 21.2 Å². The lowest BCUT2D eigenvalue weighted by Crippen LogP contribution is -2.31. The number of nitrogens with one attached hydrogen (secondary N) is 1. The monoisotopic (exact) mass is 338 g/mol. The van der Waals surface area contributed by atoms with E-state index in [1.54, 1.807) is 11.6 Å². The highest BCUT2D eigenvalue weighted by atomic mass is 16.1. The van der Waals surface area contributed by atoms with Gasteiger partial charge in [-0.3, -0.25) is 4.57 Å². The van der Waals surface area contributed by atoms with Crippen LogP contribution >= 0.6 is 0 Å². The molecule has 1 saturated heterocycles. The van der Waals surface area contributed by atoms with Crippen molar-refractivity contribution >= 4 is 5.82 Å². The standard InChI is InChI=1S/C18H22N6O/c1-10-8-11(2)20-16(14(10)9-19)24-7-6-13(12-4-5-12)15(24)17-21-22-18(25)23(17)3/h8,12-13,15H,4-7H2,1-3H3,(H,22,25). The summed E-state index contributed by atoms with van der Waals surface area (Å²) < 4.78 is 1.59. The molecule has 2 fully saturated rings. The van der Waals surface area contributed by atoms with Gasteiger partial charge in [-0.15, -0.1) is 0 Å². The van der Waals surface area contributed by atoms with Crippen molar-refractivity contribution in [2.75, 3.05) is 11.4 Å². The minimum atomic E-state index is -0.203. The predicted molar refractivity (Wildman–Crippen MR) is 93.2 cm³/mol. The van der Waals surface area contributed by atoms with Crippen LogP contribution in [0.3, 0.4) is 0 Å². The van der Waals surface area contributed by atoms with E-state index in [9.17, 15) is 10.1 Å². The highest BCUT2D eigenvalue weighted by Crippen LogP contribution is 2.51. The van der Waals surface area contributed by atoms with Gasteiger partial charge in [-0.1, -0.05) is 0 Å². The van der Waals surface area contributed by atoms with Gasteiger partial charge in [0.1, 0.15) is 11.9 Å². The van der Waals surface area contributed by atoms with E-state index in [4.69, 9.17) is 4.98 Å². The molecule has 2 aromatic heterocycles. The number of rotatable bonds is 3. The summed E-state index contributed by atoms with van der Waals surface area (Å²) in [6.07, 6.45) is 3.51. The van der Waals surface area contributed by atoms with E-state index in [0.717, 1.165) is 35.9 Å². The minimum Gasteiger partial charge on any atom is -0.345 e. The van der Waals surface area contributed by atoms with Crippen LogP contribution < -0.4 is 10.6 Å². The minimum absolute atomic E-state index is 0.0164. The molecule has 2 atom stereocenters.